The number of rotatable bonds is 12. The molecule has 3 atom stereocenters. The number of methoxy groups -OCH3 is 2. The SMILES string of the molecule is COc1ccc(-c2nnn(CC(=O)N(C[C@@H]3CCCO3)[C@H](C(=O)NC[C@@H]3CCCO3)c3ccc(C)o3)n2)cc1OC. The van der Waals surface area contributed by atoms with Crippen molar-refractivity contribution in [3.05, 3.63) is 41.9 Å². The fourth-order valence-corrected chi connectivity index (χ4v) is 5.11. The minimum Gasteiger partial charge on any atom is -0.493 e. The zero-order valence-electron chi connectivity index (χ0n) is 23.6. The maximum absolute atomic E-state index is 13.9. The van der Waals surface area contributed by atoms with Crippen molar-refractivity contribution in [3.8, 4) is 22.9 Å². The Morgan fingerprint density at radius 2 is 1.83 bits per heavy atom. The summed E-state index contributed by atoms with van der Waals surface area (Å²) in [6, 6.07) is 7.76. The molecular weight excluding hydrogens is 532 g/mol. The number of tetrazole rings is 1. The fraction of sp³-hybridized carbons (Fsp3) is 0.536. The molecule has 0 aliphatic carbocycles. The number of carbonyl (C=O) groups excluding carboxylic acids is 2. The molecular formula is C28H36N6O7. The van der Waals surface area contributed by atoms with Gasteiger partial charge in [0.2, 0.25) is 11.7 Å². The summed E-state index contributed by atoms with van der Waals surface area (Å²) in [5.41, 5.74) is 0.648. The number of furan rings is 1. The van der Waals surface area contributed by atoms with Crippen molar-refractivity contribution in [2.75, 3.05) is 40.5 Å². The molecule has 0 spiro atoms. The minimum atomic E-state index is -1.00. The standard InChI is InChI=1S/C28H36N6O7/c1-18-8-10-23(41-18)26(28(36)29-15-20-6-4-12-39-20)33(16-21-7-5-13-40-21)25(35)17-34-31-27(30-32-34)19-9-11-22(37-2)24(14-19)38-3/h8-11,14,20-21,26H,4-7,12-13,15-17H2,1-3H3,(H,29,36)/t20-,21-,26-/m0/s1. The van der Waals surface area contributed by atoms with Crippen LogP contribution in [0.4, 0.5) is 0 Å². The molecule has 4 heterocycles. The van der Waals surface area contributed by atoms with E-state index in [0.29, 0.717) is 54.2 Å². The lowest BCUT2D eigenvalue weighted by molar-refractivity contribution is -0.144. The number of nitrogens with one attached hydrogen (secondary N) is 1. The summed E-state index contributed by atoms with van der Waals surface area (Å²) in [5, 5.41) is 15.6. The van der Waals surface area contributed by atoms with E-state index in [-0.39, 0.29) is 37.1 Å². The molecule has 0 bridgehead atoms. The second-order valence-corrected chi connectivity index (χ2v) is 10.1. The molecule has 2 aromatic heterocycles. The van der Waals surface area contributed by atoms with Crippen LogP contribution in [0.2, 0.25) is 0 Å². The number of hydrogen-bond acceptors (Lipinski definition) is 10. The largest absolute Gasteiger partial charge is 0.493 e. The van der Waals surface area contributed by atoms with Crippen LogP contribution in [0.5, 0.6) is 11.5 Å². The maximum Gasteiger partial charge on any atom is 0.250 e. The highest BCUT2D eigenvalue weighted by atomic mass is 16.5. The van der Waals surface area contributed by atoms with Gasteiger partial charge in [0, 0.05) is 31.9 Å². The van der Waals surface area contributed by atoms with Crippen LogP contribution in [0.15, 0.2) is 34.7 Å². The first-order valence-corrected chi connectivity index (χ1v) is 13.8. The number of benzene rings is 1. The van der Waals surface area contributed by atoms with E-state index in [2.05, 4.69) is 20.7 Å². The normalized spacial score (nSPS) is 19.2. The number of carbonyl (C=O) groups is 2. The molecule has 2 amide bonds. The van der Waals surface area contributed by atoms with Crippen molar-refractivity contribution in [2.45, 2.75) is 57.4 Å². The van der Waals surface area contributed by atoms with Gasteiger partial charge in [0.1, 0.15) is 18.1 Å². The van der Waals surface area contributed by atoms with E-state index in [9.17, 15) is 9.59 Å². The Morgan fingerprint density at radius 1 is 1.07 bits per heavy atom. The lowest BCUT2D eigenvalue weighted by Gasteiger charge is -2.31. The van der Waals surface area contributed by atoms with Crippen LogP contribution in [0.25, 0.3) is 11.4 Å². The van der Waals surface area contributed by atoms with Crippen LogP contribution in [-0.4, -0.2) is 89.7 Å². The topological polar surface area (TPSA) is 143 Å². The van der Waals surface area contributed by atoms with Gasteiger partial charge in [-0.1, -0.05) is 0 Å². The van der Waals surface area contributed by atoms with Crippen LogP contribution in [0.1, 0.15) is 43.2 Å². The first kappa shape index (κ1) is 28.6. The van der Waals surface area contributed by atoms with E-state index in [1.54, 1.807) is 51.5 Å². The molecule has 2 aliphatic heterocycles. The van der Waals surface area contributed by atoms with Crippen LogP contribution in [0, 0.1) is 6.92 Å². The third-order valence-corrected chi connectivity index (χ3v) is 7.23. The molecule has 1 N–H and O–H groups in total. The minimum absolute atomic E-state index is 0.0467. The van der Waals surface area contributed by atoms with Crippen molar-refractivity contribution in [3.63, 3.8) is 0 Å². The third-order valence-electron chi connectivity index (χ3n) is 7.23. The summed E-state index contributed by atoms with van der Waals surface area (Å²) in [4.78, 5) is 30.2. The van der Waals surface area contributed by atoms with E-state index in [4.69, 9.17) is 23.4 Å². The van der Waals surface area contributed by atoms with Gasteiger partial charge in [-0.05, 0) is 68.2 Å². The van der Waals surface area contributed by atoms with Crippen LogP contribution in [-0.2, 0) is 25.6 Å². The van der Waals surface area contributed by atoms with E-state index in [1.165, 1.54) is 9.70 Å². The Morgan fingerprint density at radius 3 is 2.49 bits per heavy atom. The second kappa shape index (κ2) is 13.1. The van der Waals surface area contributed by atoms with Gasteiger partial charge in [-0.3, -0.25) is 9.59 Å². The quantitative estimate of drug-likeness (QED) is 0.346. The maximum atomic E-state index is 13.9. The molecule has 13 heteroatoms. The van der Waals surface area contributed by atoms with Gasteiger partial charge in [-0.15, -0.1) is 10.2 Å². The predicted molar refractivity (Wildman–Crippen MR) is 145 cm³/mol. The summed E-state index contributed by atoms with van der Waals surface area (Å²) < 4.78 is 28.1. The molecule has 2 saturated heterocycles. The smallest absolute Gasteiger partial charge is 0.250 e. The van der Waals surface area contributed by atoms with Crippen LogP contribution in [0.3, 0.4) is 0 Å². The number of amides is 2. The Balaban J connectivity index is 1.38. The van der Waals surface area contributed by atoms with Crippen molar-refractivity contribution in [2.24, 2.45) is 0 Å². The molecule has 2 fully saturated rings. The molecule has 1 aromatic carbocycles. The van der Waals surface area contributed by atoms with Gasteiger partial charge < -0.3 is 33.6 Å². The Bertz CT molecular complexity index is 1330. The Hall–Kier alpha value is -3.97. The number of ether oxygens (including phenoxy) is 4. The van der Waals surface area contributed by atoms with Crippen LogP contribution < -0.4 is 14.8 Å². The molecule has 41 heavy (non-hydrogen) atoms. The lowest BCUT2D eigenvalue weighted by atomic mass is 10.1. The first-order valence-electron chi connectivity index (χ1n) is 13.8. The van der Waals surface area contributed by atoms with E-state index >= 15 is 0 Å². The highest BCUT2D eigenvalue weighted by molar-refractivity contribution is 5.88. The molecule has 5 rings (SSSR count). The zero-order chi connectivity index (χ0) is 28.8. The first-order chi connectivity index (χ1) is 19.9. The van der Waals surface area contributed by atoms with Crippen molar-refractivity contribution < 1.29 is 33.0 Å². The molecule has 0 radical (unpaired) electrons. The number of aromatic nitrogens is 4. The summed E-state index contributed by atoms with van der Waals surface area (Å²) in [7, 11) is 3.10. The van der Waals surface area contributed by atoms with Gasteiger partial charge in [-0.2, -0.15) is 4.80 Å². The summed E-state index contributed by atoms with van der Waals surface area (Å²) >= 11 is 0. The summed E-state index contributed by atoms with van der Waals surface area (Å²) in [6.07, 6.45) is 3.27. The molecule has 2 aliphatic rings. The number of hydrogen-bond donors (Lipinski definition) is 1. The summed E-state index contributed by atoms with van der Waals surface area (Å²) in [6.45, 7) is 3.43. The molecule has 3 aromatic rings. The number of nitrogens with zero attached hydrogens (tertiary/aromatic N) is 5. The fourth-order valence-electron chi connectivity index (χ4n) is 5.11. The molecule has 0 unspecified atom stereocenters. The predicted octanol–water partition coefficient (Wildman–Crippen LogP) is 2.30. The summed E-state index contributed by atoms with van der Waals surface area (Å²) in [5.74, 6) is 1.69. The molecule has 220 valence electrons. The average molecular weight is 569 g/mol. The van der Waals surface area contributed by atoms with Gasteiger partial charge in [0.25, 0.3) is 5.91 Å². The van der Waals surface area contributed by atoms with Gasteiger partial charge >= 0.3 is 0 Å². The highest BCUT2D eigenvalue weighted by Crippen LogP contribution is 2.31. The van der Waals surface area contributed by atoms with E-state index < -0.39 is 6.04 Å². The van der Waals surface area contributed by atoms with E-state index in [0.717, 1.165) is 25.7 Å². The average Bonchev–Trinajstić information content (AvgIpc) is 3.80. The van der Waals surface area contributed by atoms with Gasteiger partial charge in [0.05, 0.1) is 26.4 Å². The monoisotopic (exact) mass is 568 g/mol. The zero-order valence-corrected chi connectivity index (χ0v) is 23.6. The Kier molecular flexibility index (Phi) is 9.14. The second-order valence-electron chi connectivity index (χ2n) is 10.1. The highest BCUT2D eigenvalue weighted by Gasteiger charge is 2.37. The molecule has 0 saturated carbocycles. The Labute approximate surface area is 238 Å². The van der Waals surface area contributed by atoms with Crippen molar-refractivity contribution in [1.82, 2.24) is 30.4 Å². The third kappa shape index (κ3) is 6.85. The van der Waals surface area contributed by atoms with Crippen molar-refractivity contribution in [1.29, 1.82) is 0 Å². The lowest BCUT2D eigenvalue weighted by Crippen LogP contribution is -2.48. The van der Waals surface area contributed by atoms with Gasteiger partial charge in [-0.25, -0.2) is 0 Å². The van der Waals surface area contributed by atoms with Crippen LogP contribution >= 0.6 is 0 Å². The molecule has 13 nitrogen and oxygen atoms in total. The van der Waals surface area contributed by atoms with Gasteiger partial charge in [0.15, 0.2) is 17.5 Å². The van der Waals surface area contributed by atoms with E-state index in [1.807, 2.05) is 0 Å². The van der Waals surface area contributed by atoms with Crippen molar-refractivity contribution >= 4 is 11.8 Å². The number of aryl methyl sites for hydroxylation is 1.